The van der Waals surface area contributed by atoms with Gasteiger partial charge >= 0.3 is 0 Å². The van der Waals surface area contributed by atoms with Crippen LogP contribution in [-0.4, -0.2) is 47.7 Å². The molecule has 0 N–H and O–H groups in total. The Bertz CT molecular complexity index is 1420. The number of ether oxygens (including phenoxy) is 4. The average molecular weight is 472 g/mol. The zero-order valence-electron chi connectivity index (χ0n) is 23.5. The first-order valence-electron chi connectivity index (χ1n) is 12.4. The van der Waals surface area contributed by atoms with Crippen LogP contribution >= 0.6 is 0 Å². The van der Waals surface area contributed by atoms with E-state index in [9.17, 15) is 9.18 Å². The first-order chi connectivity index (χ1) is 17.9. The van der Waals surface area contributed by atoms with Gasteiger partial charge in [-0.25, -0.2) is 14.4 Å². The number of halogens is 1. The minimum absolute atomic E-state index is 0.0588. The number of carbonyl (C=O) groups excluding carboxylic acids is 1. The van der Waals surface area contributed by atoms with E-state index in [1.807, 2.05) is 0 Å². The van der Waals surface area contributed by atoms with Gasteiger partial charge < -0.3 is 18.9 Å². The fourth-order valence-electron chi connectivity index (χ4n) is 3.46. The van der Waals surface area contributed by atoms with Crippen molar-refractivity contribution in [1.29, 1.82) is 0 Å². The lowest BCUT2D eigenvalue weighted by atomic mass is 9.95. The highest BCUT2D eigenvalue weighted by Crippen LogP contribution is 2.38. The number of ketones is 1. The summed E-state index contributed by atoms with van der Waals surface area (Å²) >= 11 is 0. The van der Waals surface area contributed by atoms with Gasteiger partial charge in [0.15, 0.2) is 28.7 Å². The van der Waals surface area contributed by atoms with Crippen LogP contribution in [0.5, 0.6) is 23.0 Å². The van der Waals surface area contributed by atoms with E-state index in [4.69, 9.17) is 24.4 Å². The molecule has 1 aliphatic heterocycles. The second-order valence-corrected chi connectivity index (χ2v) is 8.06. The lowest BCUT2D eigenvalue weighted by molar-refractivity contribution is -0.132. The van der Waals surface area contributed by atoms with Crippen LogP contribution < -0.4 is 18.9 Å². The van der Waals surface area contributed by atoms with Crippen molar-refractivity contribution >= 4 is 5.78 Å². The highest BCUT2D eigenvalue weighted by Gasteiger charge is 2.36. The number of nitrogens with zero attached hydrogens (tertiary/aromatic N) is 3. The van der Waals surface area contributed by atoms with Crippen LogP contribution in [0.3, 0.4) is 0 Å². The molecule has 0 unspecified atom stereocenters. The van der Waals surface area contributed by atoms with E-state index in [2.05, 4.69) is 15.0 Å². The zero-order valence-corrected chi connectivity index (χ0v) is 19.5. The molecule has 0 aliphatic carbocycles. The molecule has 0 bridgehead atoms. The lowest BCUT2D eigenvalue weighted by Gasteiger charge is -2.30. The molecule has 0 radical (unpaired) electrons. The monoisotopic (exact) mass is 471 g/mol. The van der Waals surface area contributed by atoms with E-state index in [1.165, 1.54) is 21.3 Å². The summed E-state index contributed by atoms with van der Waals surface area (Å²) in [5, 5.41) is 0. The van der Waals surface area contributed by atoms with Crippen LogP contribution in [0.2, 0.25) is 0 Å². The van der Waals surface area contributed by atoms with Gasteiger partial charge in [-0.05, 0) is 43.6 Å². The van der Waals surface area contributed by atoms with Gasteiger partial charge in [-0.3, -0.25) is 9.78 Å². The highest BCUT2D eigenvalue weighted by molar-refractivity contribution is 5.90. The maximum atomic E-state index is 14.8. The maximum absolute atomic E-state index is 14.8. The van der Waals surface area contributed by atoms with E-state index in [0.29, 0.717) is 0 Å². The summed E-state index contributed by atoms with van der Waals surface area (Å²) < 4.78 is 70.0. The number of Topliss-reactive ketones (excluding diaryl/α,β-unsaturated/α-hetero) is 1. The van der Waals surface area contributed by atoms with Gasteiger partial charge in [0.25, 0.3) is 0 Å². The van der Waals surface area contributed by atoms with Crippen molar-refractivity contribution in [3.05, 3.63) is 64.7 Å². The van der Waals surface area contributed by atoms with Crippen molar-refractivity contribution in [2.24, 2.45) is 0 Å². The Morgan fingerprint density at radius 3 is 2.44 bits per heavy atom. The van der Waals surface area contributed by atoms with Crippen LogP contribution in [0, 0.1) is 5.82 Å². The number of aromatic nitrogens is 3. The third-order valence-electron chi connectivity index (χ3n) is 5.30. The number of hydrogen-bond donors (Lipinski definition) is 0. The van der Waals surface area contributed by atoms with Crippen LogP contribution in [0.4, 0.5) is 4.39 Å². The summed E-state index contributed by atoms with van der Waals surface area (Å²) in [6.07, 6.45) is 0.530. The third kappa shape index (κ3) is 4.64. The number of methoxy groups -OCH3 is 3. The summed E-state index contributed by atoms with van der Waals surface area (Å²) in [5.74, 6) is -0.564. The Labute approximate surface area is 202 Å². The summed E-state index contributed by atoms with van der Waals surface area (Å²) in [4.78, 5) is 25.0. The molecule has 2 aromatic heterocycles. The quantitative estimate of drug-likeness (QED) is 0.517. The third-order valence-corrected chi connectivity index (χ3v) is 5.30. The van der Waals surface area contributed by atoms with Crippen molar-refractivity contribution in [1.82, 2.24) is 15.0 Å². The molecule has 8 nitrogen and oxygen atoms in total. The van der Waals surface area contributed by atoms with Crippen molar-refractivity contribution in [2.45, 2.75) is 38.7 Å². The number of pyridine rings is 1. The van der Waals surface area contributed by atoms with Crippen LogP contribution in [-0.2, 0) is 24.1 Å². The SMILES string of the molecule is [2H]c1c(Cc2nc(Cc3c([2H])c(OC)c(OC)c(OC)c3[2H])ncc2F)nc2c(c1[2H])OC(C)(C)C(=O)C2. The van der Waals surface area contributed by atoms with Crippen molar-refractivity contribution in [3.8, 4) is 23.0 Å². The number of carbonyl (C=O) groups is 1. The molecule has 1 aliphatic rings. The Kier molecular flexibility index (Phi) is 5.07. The van der Waals surface area contributed by atoms with E-state index >= 15 is 0 Å². The fraction of sp³-hybridized carbons (Fsp3) is 0.360. The van der Waals surface area contributed by atoms with E-state index < -0.39 is 11.4 Å². The number of rotatable bonds is 7. The van der Waals surface area contributed by atoms with Gasteiger partial charge in [-0.2, -0.15) is 0 Å². The molecule has 0 saturated carbocycles. The Morgan fingerprint density at radius 2 is 1.79 bits per heavy atom. The minimum Gasteiger partial charge on any atom is -0.493 e. The Hall–Kier alpha value is -3.75. The topological polar surface area (TPSA) is 92.7 Å². The summed E-state index contributed by atoms with van der Waals surface area (Å²) in [7, 11) is 4.09. The largest absolute Gasteiger partial charge is 0.493 e. The molecule has 0 amide bonds. The number of hydrogen-bond acceptors (Lipinski definition) is 8. The molecule has 0 fully saturated rings. The zero-order chi connectivity index (χ0) is 27.9. The average Bonchev–Trinajstić information content (AvgIpc) is 2.87. The van der Waals surface area contributed by atoms with Crippen molar-refractivity contribution < 1.29 is 33.6 Å². The molecule has 3 heterocycles. The van der Waals surface area contributed by atoms with Gasteiger partial charge in [-0.1, -0.05) is 0 Å². The predicted octanol–water partition coefficient (Wildman–Crippen LogP) is 3.50. The first-order valence-corrected chi connectivity index (χ1v) is 10.4. The smallest absolute Gasteiger partial charge is 0.203 e. The molecule has 1 aromatic carbocycles. The number of benzene rings is 1. The number of fused-ring (bicyclic) bond motifs is 1. The standard InChI is InChI=1S/C25H26FN3O5/c1-25(2)22(30)12-18-19(34-25)7-6-15(28-18)11-17-16(26)13-27-23(29-17)10-14-8-20(31-3)24(33-5)21(9-14)32-4/h6-9,13H,10-12H2,1-5H3/i6D,7D,8D,9D. The molecule has 4 rings (SSSR count). The Balaban J connectivity index is 1.72. The summed E-state index contributed by atoms with van der Waals surface area (Å²) in [6, 6.07) is -0.753. The summed E-state index contributed by atoms with van der Waals surface area (Å²) in [5.41, 5.74) is -0.772. The molecular weight excluding hydrogens is 441 g/mol. The molecule has 0 saturated heterocycles. The second kappa shape index (κ2) is 9.24. The van der Waals surface area contributed by atoms with E-state index in [-0.39, 0.29) is 101 Å². The van der Waals surface area contributed by atoms with Gasteiger partial charge in [0, 0.05) is 18.5 Å². The molecular formula is C25H26FN3O5. The lowest BCUT2D eigenvalue weighted by Crippen LogP contribution is -2.43. The molecule has 0 spiro atoms. The molecule has 3 aromatic rings. The maximum Gasteiger partial charge on any atom is 0.203 e. The van der Waals surface area contributed by atoms with Crippen LogP contribution in [0.15, 0.2) is 30.4 Å². The van der Waals surface area contributed by atoms with E-state index in [1.54, 1.807) is 13.8 Å². The minimum atomic E-state index is -1.13. The van der Waals surface area contributed by atoms with Gasteiger partial charge in [0.1, 0.15) is 11.6 Å². The second-order valence-electron chi connectivity index (χ2n) is 8.06. The van der Waals surface area contributed by atoms with E-state index in [0.717, 1.165) is 6.20 Å². The predicted molar refractivity (Wildman–Crippen MR) is 121 cm³/mol. The van der Waals surface area contributed by atoms with Crippen LogP contribution in [0.25, 0.3) is 0 Å². The Morgan fingerprint density at radius 1 is 1.09 bits per heavy atom. The van der Waals surface area contributed by atoms with Gasteiger partial charge in [0.2, 0.25) is 5.75 Å². The molecule has 178 valence electrons. The fourth-order valence-corrected chi connectivity index (χ4v) is 3.46. The molecule has 34 heavy (non-hydrogen) atoms. The molecule has 0 atom stereocenters. The summed E-state index contributed by atoms with van der Waals surface area (Å²) in [6.45, 7) is 3.18. The normalized spacial score (nSPS) is 15.9. The van der Waals surface area contributed by atoms with Gasteiger partial charge in [0.05, 0.1) is 50.8 Å². The van der Waals surface area contributed by atoms with Crippen LogP contribution in [0.1, 0.15) is 47.8 Å². The van der Waals surface area contributed by atoms with Gasteiger partial charge in [-0.15, -0.1) is 0 Å². The molecule has 9 heteroatoms. The first kappa shape index (κ1) is 18.7. The van der Waals surface area contributed by atoms with Crippen molar-refractivity contribution in [3.63, 3.8) is 0 Å². The highest BCUT2D eigenvalue weighted by atomic mass is 19.1. The van der Waals surface area contributed by atoms with Crippen molar-refractivity contribution in [2.75, 3.05) is 21.3 Å².